The highest BCUT2D eigenvalue weighted by Crippen LogP contribution is 2.48. The van der Waals surface area contributed by atoms with E-state index in [0.29, 0.717) is 54.6 Å². The molecule has 8 aliphatic rings. The molecule has 13 nitrogen and oxygen atoms in total. The second kappa shape index (κ2) is 37.9. The molecule has 0 fully saturated rings. The summed E-state index contributed by atoms with van der Waals surface area (Å²) in [6, 6.07) is 0. The first-order valence-corrected chi connectivity index (χ1v) is 49.6. The summed E-state index contributed by atoms with van der Waals surface area (Å²) in [6.07, 6.45) is 28.6. The number of carbonyl (C=O) groups is 5. The number of aliphatic carboxylic acids is 1. The van der Waals surface area contributed by atoms with E-state index in [4.69, 9.17) is 35.0 Å². The highest BCUT2D eigenvalue weighted by molar-refractivity contribution is 6.86. The van der Waals surface area contributed by atoms with Gasteiger partial charge < -0.3 is 45.1 Å². The van der Waals surface area contributed by atoms with Crippen LogP contribution in [0.4, 0.5) is 0 Å². The van der Waals surface area contributed by atoms with Crippen LogP contribution < -0.4 is 5.32 Å². The van der Waals surface area contributed by atoms with Crippen LogP contribution in [0.25, 0.3) is 0 Å². The summed E-state index contributed by atoms with van der Waals surface area (Å²) in [5.74, 6) is 2.64. The molecule has 0 heterocycles. The van der Waals surface area contributed by atoms with Crippen molar-refractivity contribution >= 4 is 70.1 Å². The second-order valence-corrected chi connectivity index (χ2v) is 54.8. The minimum absolute atomic E-state index is 0.0136. The van der Waals surface area contributed by atoms with Gasteiger partial charge in [-0.15, -0.1) is 0 Å². The number of nitrogens with one attached hydrogen (secondary N) is 1. The Hall–Kier alpha value is -4.85. The lowest BCUT2D eigenvalue weighted by atomic mass is 10.2. The monoisotopic (exact) mass is 1340 g/mol. The van der Waals surface area contributed by atoms with E-state index < -0.39 is 46.3 Å². The van der Waals surface area contributed by atoms with E-state index in [1.807, 2.05) is 50.3 Å². The summed E-state index contributed by atoms with van der Waals surface area (Å²) >= 11 is 0. The molecule has 18 heteroatoms. The van der Waals surface area contributed by atoms with Crippen molar-refractivity contribution in [2.24, 2.45) is 47.3 Å². The zero-order chi connectivity index (χ0) is 70.3. The van der Waals surface area contributed by atoms with Gasteiger partial charge in [0, 0.05) is 68.3 Å². The molecular formula is C73H119NO12Si5. The lowest BCUT2D eigenvalue weighted by Gasteiger charge is -2.11. The van der Waals surface area contributed by atoms with Crippen molar-refractivity contribution < 1.29 is 59.0 Å². The summed E-state index contributed by atoms with van der Waals surface area (Å²) in [5, 5.41) is 52.9. The summed E-state index contributed by atoms with van der Waals surface area (Å²) < 4.78 is 9.54. The number of aliphatic hydroxyl groups is 4. The highest BCUT2D eigenvalue weighted by atomic mass is 28.3. The van der Waals surface area contributed by atoms with E-state index in [9.17, 15) is 24.0 Å². The number of hydrogen-bond donors (Lipinski definition) is 6. The Morgan fingerprint density at radius 1 is 0.451 bits per heavy atom. The van der Waals surface area contributed by atoms with Crippen molar-refractivity contribution in [1.29, 1.82) is 0 Å². The first-order valence-electron chi connectivity index (χ1n) is 32.1. The fourth-order valence-electron chi connectivity index (χ4n) is 11.4. The van der Waals surface area contributed by atoms with Gasteiger partial charge in [0.1, 0.15) is 19.5 Å². The molecule has 0 saturated heterocycles. The molecule has 508 valence electrons. The molecular weight excluding hydrogens is 1220 g/mol. The number of aliphatic hydroxyl groups excluding tert-OH is 4. The summed E-state index contributed by atoms with van der Waals surface area (Å²) in [4.78, 5) is 53.7. The lowest BCUT2D eigenvalue weighted by Crippen LogP contribution is -2.24. The molecule has 6 N–H and O–H groups in total. The minimum atomic E-state index is -1.15. The number of amides is 1. The smallest absolute Gasteiger partial charge is 0.328 e. The number of carboxylic acids is 1. The van der Waals surface area contributed by atoms with E-state index in [2.05, 4.69) is 163 Å². The molecule has 0 aliphatic heterocycles. The Balaban J connectivity index is 0.000000524. The molecule has 8 unspecified atom stereocenters. The molecule has 91 heavy (non-hydrogen) atoms. The second-order valence-electron chi connectivity index (χ2n) is 29.6. The number of carboxylic acid groups (broad SMARTS) is 1. The van der Waals surface area contributed by atoms with E-state index >= 15 is 0 Å². The number of rotatable bonds is 25. The number of methoxy groups -OCH3 is 2. The zero-order valence-corrected chi connectivity index (χ0v) is 65.4. The van der Waals surface area contributed by atoms with Gasteiger partial charge in [0.15, 0.2) is 11.6 Å². The van der Waals surface area contributed by atoms with Gasteiger partial charge in [0.2, 0.25) is 5.91 Å². The Kier molecular flexibility index (Phi) is 35.0. The number of ketones is 2. The maximum Gasteiger partial charge on any atom is 0.328 e. The third-order valence-electron chi connectivity index (χ3n) is 16.3. The van der Waals surface area contributed by atoms with E-state index in [1.165, 1.54) is 56.4 Å². The SMILES string of the molecule is CC1=C([Si](C)(C)C)C1/C=C/CO.CC1=C([Si](C)(C)C)C1C=O.CC1=C([Si](C)(C)C)C1CO.CC1=CC1/C=C/C(=O)NCCO.CC1=CC1/C=C/C(=O)O.CC1=CC1/C=C/CO.COCC(=O)/C=C/C1C(C)=C1[Si](C)(C)C.COCC(=O)/C=C/C1C(C)=C1[Si](C)(C)C. The standard InChI is InChI=1S/2C12H20O2Si.C10H18OSi.C9H13NO2.C8H16OSi.C8H14OSi.C7H8O2.C7H10O/c2*1-9-11(12(9)15(3,4)5)7-6-10(13)8-14-2;1-8-9(6-5-7-11)10(8)12(2,3)4;1-7-6-8(7)2-3-9(12)10-4-5-11;2*1-6-7(5-9)8(6)10(2,3)4;1-5-4-6(5)2-3-7(8)9;1-6-5-7(6)3-2-4-8/h2*6-7,11H,8H2,1-5H3;5-6,9,11H,7H2,1-4H3;2-3,6,8,11H,4-5H2,1H3,(H,10,12);7,9H,5H2,1-4H3;5,7H,1-4H3;2-4,6H,1H3,(H,8,9);2-3,5,7-8H,4H2,1H3/b2*7-6+;6-5+;3-2+;;;2*3-2+. The third-order valence-corrected chi connectivity index (χ3v) is 28.0. The van der Waals surface area contributed by atoms with Gasteiger partial charge in [-0.1, -0.05) is 236 Å². The van der Waals surface area contributed by atoms with Gasteiger partial charge in [0.05, 0.1) is 72.7 Å². The average Bonchev–Trinajstić information content (AvgIpc) is 1.66. The number of hydrogen-bond acceptors (Lipinski definition) is 11. The maximum atomic E-state index is 11.2. The van der Waals surface area contributed by atoms with Gasteiger partial charge in [-0.25, -0.2) is 4.79 Å². The molecule has 0 aromatic carbocycles. The van der Waals surface area contributed by atoms with Gasteiger partial charge in [0.25, 0.3) is 0 Å². The first kappa shape index (κ1) is 84.2. The topological polar surface area (TPSA) is 217 Å². The predicted octanol–water partition coefficient (Wildman–Crippen LogP) is 13.9. The van der Waals surface area contributed by atoms with Gasteiger partial charge in [-0.05, 0) is 73.6 Å². The molecule has 8 rings (SSSR count). The molecule has 0 bridgehead atoms. The molecule has 0 radical (unpaired) electrons. The van der Waals surface area contributed by atoms with E-state index in [-0.39, 0.29) is 56.4 Å². The Morgan fingerprint density at radius 3 is 1.01 bits per heavy atom. The third kappa shape index (κ3) is 32.2. The maximum absolute atomic E-state index is 11.2. The predicted molar refractivity (Wildman–Crippen MR) is 393 cm³/mol. The fraction of sp³-hybridized carbons (Fsp3) is 0.548. The Labute approximate surface area is 554 Å². The van der Waals surface area contributed by atoms with Crippen LogP contribution in [0.2, 0.25) is 98.2 Å². The molecule has 0 spiro atoms. The number of aldehydes is 1. The van der Waals surface area contributed by atoms with Crippen LogP contribution in [0.3, 0.4) is 0 Å². The molecule has 8 aliphatic carbocycles. The van der Waals surface area contributed by atoms with Crippen LogP contribution in [-0.2, 0) is 33.4 Å². The molecule has 0 saturated carbocycles. The van der Waals surface area contributed by atoms with E-state index in [0.717, 1.165) is 6.29 Å². The number of ether oxygens (including phenoxy) is 2. The summed E-state index contributed by atoms with van der Waals surface area (Å²) in [6.45, 7) is 53.3. The Bertz CT molecular complexity index is 2930. The van der Waals surface area contributed by atoms with Gasteiger partial charge >= 0.3 is 5.97 Å². The number of carbonyl (C=O) groups excluding carboxylic acids is 4. The van der Waals surface area contributed by atoms with Crippen LogP contribution >= 0.6 is 0 Å². The van der Waals surface area contributed by atoms with Crippen LogP contribution in [0.1, 0.15) is 55.4 Å². The summed E-state index contributed by atoms with van der Waals surface area (Å²) in [7, 11) is -2.45. The number of allylic oxidation sites excluding steroid dienone is 20. The van der Waals surface area contributed by atoms with Gasteiger partial charge in [-0.2, -0.15) is 0 Å². The zero-order valence-electron chi connectivity index (χ0n) is 60.4. The van der Waals surface area contributed by atoms with Crippen molar-refractivity contribution in [2.75, 3.05) is 60.4 Å². The molecule has 0 aromatic rings. The van der Waals surface area contributed by atoms with Crippen molar-refractivity contribution in [2.45, 2.75) is 154 Å². The van der Waals surface area contributed by atoms with Crippen LogP contribution in [0, 0.1) is 47.3 Å². The van der Waals surface area contributed by atoms with Crippen LogP contribution in [-0.4, -0.2) is 156 Å². The fourth-order valence-corrected chi connectivity index (χ4v) is 24.1. The molecule has 8 atom stereocenters. The van der Waals surface area contributed by atoms with Crippen molar-refractivity contribution in [3.63, 3.8) is 0 Å². The van der Waals surface area contributed by atoms with Crippen molar-refractivity contribution in [1.82, 2.24) is 5.32 Å². The quantitative estimate of drug-likeness (QED) is 0.0218. The minimum Gasteiger partial charge on any atom is -0.478 e. The first-order chi connectivity index (χ1) is 42.0. The van der Waals surface area contributed by atoms with Crippen LogP contribution in [0.5, 0.6) is 0 Å². The van der Waals surface area contributed by atoms with Crippen molar-refractivity contribution in [3.05, 3.63) is 162 Å². The molecule has 1 amide bonds. The summed E-state index contributed by atoms with van der Waals surface area (Å²) in [5.41, 5.74) is 11.3. The van der Waals surface area contributed by atoms with Gasteiger partial charge in [-0.3, -0.25) is 14.4 Å². The highest BCUT2D eigenvalue weighted by Gasteiger charge is 2.43. The van der Waals surface area contributed by atoms with Crippen LogP contribution in [0.15, 0.2) is 162 Å². The largest absolute Gasteiger partial charge is 0.478 e. The van der Waals surface area contributed by atoms with Crippen molar-refractivity contribution in [3.8, 4) is 0 Å². The molecule has 0 aromatic heterocycles. The average molecular weight is 1340 g/mol. The normalized spacial score (nSPS) is 23.2. The van der Waals surface area contributed by atoms with E-state index in [1.54, 1.807) is 64.9 Å². The Morgan fingerprint density at radius 2 is 0.769 bits per heavy atom. The lowest BCUT2D eigenvalue weighted by molar-refractivity contribution is -0.131.